The van der Waals surface area contributed by atoms with Gasteiger partial charge in [0.1, 0.15) is 0 Å². The number of hydrogen-bond donors (Lipinski definition) is 1. The van der Waals surface area contributed by atoms with Crippen molar-refractivity contribution in [1.82, 2.24) is 4.57 Å². The summed E-state index contributed by atoms with van der Waals surface area (Å²) in [6.07, 6.45) is 4.89. The van der Waals surface area contributed by atoms with Crippen molar-refractivity contribution in [3.05, 3.63) is 50.8 Å². The topological polar surface area (TPSA) is 28.8 Å². The summed E-state index contributed by atoms with van der Waals surface area (Å²) in [5.41, 5.74) is 4.07. The standard InChI is InChI=1S/C15H18N2S/c1-11-6-2-3-7-12(11)10-17-13-8-4-5-9-14(13)18-15(17)16/h2-3,6-7,16H,4-5,8-10H2,1H3. The molecule has 18 heavy (non-hydrogen) atoms. The van der Waals surface area contributed by atoms with Crippen molar-refractivity contribution in [3.63, 3.8) is 0 Å². The van der Waals surface area contributed by atoms with Gasteiger partial charge in [-0.1, -0.05) is 24.3 Å². The maximum absolute atomic E-state index is 8.17. The number of nitrogens with one attached hydrogen (secondary N) is 1. The lowest BCUT2D eigenvalue weighted by Crippen LogP contribution is -2.18. The van der Waals surface area contributed by atoms with Crippen LogP contribution in [0.5, 0.6) is 0 Å². The van der Waals surface area contributed by atoms with Crippen molar-refractivity contribution in [3.8, 4) is 0 Å². The smallest absolute Gasteiger partial charge is 0.182 e. The molecule has 1 aliphatic rings. The molecule has 0 unspecified atom stereocenters. The molecule has 2 aromatic rings. The quantitative estimate of drug-likeness (QED) is 0.856. The molecule has 3 heteroatoms. The zero-order chi connectivity index (χ0) is 12.5. The summed E-state index contributed by atoms with van der Waals surface area (Å²) in [4.78, 5) is 2.16. The van der Waals surface area contributed by atoms with E-state index in [2.05, 4.69) is 35.8 Å². The first-order valence-electron chi connectivity index (χ1n) is 6.56. The molecule has 1 aliphatic carbocycles. The highest BCUT2D eigenvalue weighted by atomic mass is 32.1. The van der Waals surface area contributed by atoms with Crippen LogP contribution in [0, 0.1) is 12.3 Å². The van der Waals surface area contributed by atoms with Gasteiger partial charge in [0, 0.05) is 10.6 Å². The summed E-state index contributed by atoms with van der Waals surface area (Å²) in [6, 6.07) is 8.49. The molecule has 0 radical (unpaired) electrons. The molecule has 1 N–H and O–H groups in total. The number of hydrogen-bond acceptors (Lipinski definition) is 2. The van der Waals surface area contributed by atoms with E-state index in [0.717, 1.165) is 13.0 Å². The van der Waals surface area contributed by atoms with E-state index >= 15 is 0 Å². The molecular formula is C15H18N2S. The Morgan fingerprint density at radius 3 is 2.83 bits per heavy atom. The van der Waals surface area contributed by atoms with Crippen molar-refractivity contribution in [2.45, 2.75) is 39.2 Å². The normalized spacial score (nSPS) is 14.5. The lowest BCUT2D eigenvalue weighted by Gasteiger charge is -2.15. The van der Waals surface area contributed by atoms with E-state index < -0.39 is 0 Å². The predicted octanol–water partition coefficient (Wildman–Crippen LogP) is 3.26. The Kier molecular flexibility index (Phi) is 3.08. The molecular weight excluding hydrogens is 240 g/mol. The maximum Gasteiger partial charge on any atom is 0.182 e. The van der Waals surface area contributed by atoms with Crippen LogP contribution in [0.15, 0.2) is 24.3 Å². The summed E-state index contributed by atoms with van der Waals surface area (Å²) in [5, 5.41) is 8.17. The Balaban J connectivity index is 2.01. The van der Waals surface area contributed by atoms with Gasteiger partial charge in [-0.15, -0.1) is 11.3 Å². The van der Waals surface area contributed by atoms with Crippen LogP contribution in [0.25, 0.3) is 0 Å². The number of nitrogens with zero attached hydrogens (tertiary/aromatic N) is 1. The summed E-state index contributed by atoms with van der Waals surface area (Å²) in [6.45, 7) is 3.01. The molecule has 0 atom stereocenters. The van der Waals surface area contributed by atoms with Gasteiger partial charge in [0.15, 0.2) is 4.80 Å². The lowest BCUT2D eigenvalue weighted by molar-refractivity contribution is 0.618. The van der Waals surface area contributed by atoms with E-state index in [1.807, 2.05) is 0 Å². The highest BCUT2D eigenvalue weighted by Gasteiger charge is 2.16. The third kappa shape index (κ3) is 2.03. The molecule has 0 spiro atoms. The number of benzene rings is 1. The minimum atomic E-state index is 0.713. The van der Waals surface area contributed by atoms with Crippen LogP contribution in [0.1, 0.15) is 34.5 Å². The third-order valence-electron chi connectivity index (χ3n) is 3.77. The summed E-state index contributed by atoms with van der Waals surface area (Å²) >= 11 is 1.67. The van der Waals surface area contributed by atoms with E-state index in [4.69, 9.17) is 5.41 Å². The van der Waals surface area contributed by atoms with Crippen molar-refractivity contribution in [2.24, 2.45) is 0 Å². The average molecular weight is 258 g/mol. The summed E-state index contributed by atoms with van der Waals surface area (Å²) in [5.74, 6) is 0. The molecule has 0 amide bonds. The SMILES string of the molecule is Cc1ccccc1Cn1c2c(sc1=N)CCCC2. The van der Waals surface area contributed by atoms with Gasteiger partial charge in [0.05, 0.1) is 6.54 Å². The molecule has 0 bridgehead atoms. The monoisotopic (exact) mass is 258 g/mol. The molecule has 0 saturated carbocycles. The molecule has 2 nitrogen and oxygen atoms in total. The van der Waals surface area contributed by atoms with Crippen LogP contribution in [-0.2, 0) is 19.4 Å². The van der Waals surface area contributed by atoms with Crippen LogP contribution >= 0.6 is 11.3 Å². The molecule has 1 aromatic heterocycles. The van der Waals surface area contributed by atoms with Gasteiger partial charge in [-0.3, -0.25) is 5.41 Å². The fourth-order valence-electron chi connectivity index (χ4n) is 2.68. The first kappa shape index (κ1) is 11.7. The van der Waals surface area contributed by atoms with Crippen molar-refractivity contribution >= 4 is 11.3 Å². The number of aryl methyl sites for hydroxylation is 2. The lowest BCUT2D eigenvalue weighted by atomic mass is 10.0. The van der Waals surface area contributed by atoms with E-state index in [1.54, 1.807) is 11.3 Å². The predicted molar refractivity (Wildman–Crippen MR) is 75.1 cm³/mol. The Hall–Kier alpha value is -1.35. The first-order valence-corrected chi connectivity index (χ1v) is 7.38. The van der Waals surface area contributed by atoms with Crippen LogP contribution < -0.4 is 4.80 Å². The number of thiazole rings is 1. The number of aromatic nitrogens is 1. The highest BCUT2D eigenvalue weighted by Crippen LogP contribution is 2.24. The van der Waals surface area contributed by atoms with Gasteiger partial charge in [0.25, 0.3) is 0 Å². The second kappa shape index (κ2) is 4.73. The van der Waals surface area contributed by atoms with Gasteiger partial charge in [-0.25, -0.2) is 0 Å². The molecule has 1 heterocycles. The van der Waals surface area contributed by atoms with Gasteiger partial charge in [0.2, 0.25) is 0 Å². The van der Waals surface area contributed by atoms with Gasteiger partial charge < -0.3 is 4.57 Å². The van der Waals surface area contributed by atoms with Crippen molar-refractivity contribution in [2.75, 3.05) is 0 Å². The van der Waals surface area contributed by atoms with Gasteiger partial charge in [-0.05, 0) is 43.7 Å². The van der Waals surface area contributed by atoms with Crippen LogP contribution in [0.3, 0.4) is 0 Å². The zero-order valence-corrected chi connectivity index (χ0v) is 11.5. The molecule has 0 aliphatic heterocycles. The fourth-order valence-corrected chi connectivity index (χ4v) is 3.77. The minimum Gasteiger partial charge on any atom is -0.317 e. The second-order valence-corrected chi connectivity index (χ2v) is 6.08. The molecule has 1 aromatic carbocycles. The largest absolute Gasteiger partial charge is 0.317 e. The average Bonchev–Trinajstić information content (AvgIpc) is 2.69. The van der Waals surface area contributed by atoms with Crippen LogP contribution in [0.2, 0.25) is 0 Å². The third-order valence-corrected chi connectivity index (χ3v) is 4.87. The van der Waals surface area contributed by atoms with E-state index in [0.29, 0.717) is 4.80 Å². The number of fused-ring (bicyclic) bond motifs is 1. The molecule has 94 valence electrons. The summed E-state index contributed by atoms with van der Waals surface area (Å²) in [7, 11) is 0. The minimum absolute atomic E-state index is 0.713. The Morgan fingerprint density at radius 2 is 2.00 bits per heavy atom. The highest BCUT2D eigenvalue weighted by molar-refractivity contribution is 7.09. The molecule has 0 saturated heterocycles. The van der Waals surface area contributed by atoms with E-state index in [1.165, 1.54) is 41.0 Å². The Bertz CT molecular complexity index is 622. The zero-order valence-electron chi connectivity index (χ0n) is 10.7. The van der Waals surface area contributed by atoms with E-state index in [9.17, 15) is 0 Å². The fraction of sp³-hybridized carbons (Fsp3) is 0.400. The van der Waals surface area contributed by atoms with Gasteiger partial charge in [-0.2, -0.15) is 0 Å². The van der Waals surface area contributed by atoms with Crippen molar-refractivity contribution < 1.29 is 0 Å². The van der Waals surface area contributed by atoms with Gasteiger partial charge >= 0.3 is 0 Å². The second-order valence-electron chi connectivity index (χ2n) is 5.00. The molecule has 3 rings (SSSR count). The molecule has 0 fully saturated rings. The van der Waals surface area contributed by atoms with Crippen LogP contribution in [0.4, 0.5) is 0 Å². The first-order chi connectivity index (χ1) is 8.75. The summed E-state index contributed by atoms with van der Waals surface area (Å²) < 4.78 is 2.21. The van der Waals surface area contributed by atoms with Crippen LogP contribution in [-0.4, -0.2) is 4.57 Å². The number of rotatable bonds is 2. The van der Waals surface area contributed by atoms with E-state index in [-0.39, 0.29) is 0 Å². The Labute approximate surface area is 111 Å². The van der Waals surface area contributed by atoms with Crippen molar-refractivity contribution in [1.29, 1.82) is 5.41 Å². The maximum atomic E-state index is 8.17. The Morgan fingerprint density at radius 1 is 1.22 bits per heavy atom.